The Bertz CT molecular complexity index is 971. The Morgan fingerprint density at radius 1 is 1.25 bits per heavy atom. The average Bonchev–Trinajstić information content (AvgIpc) is 3.20. The van der Waals surface area contributed by atoms with Gasteiger partial charge in [0.05, 0.1) is 23.4 Å². The van der Waals surface area contributed by atoms with Gasteiger partial charge in [0.2, 0.25) is 5.69 Å². The molecule has 32 heavy (non-hydrogen) atoms. The van der Waals surface area contributed by atoms with Gasteiger partial charge < -0.3 is 14.8 Å². The highest BCUT2D eigenvalue weighted by Gasteiger charge is 2.28. The lowest BCUT2D eigenvalue weighted by Crippen LogP contribution is -2.45. The first-order chi connectivity index (χ1) is 15.3. The summed E-state index contributed by atoms with van der Waals surface area (Å²) in [6.07, 6.45) is 4.62. The summed E-state index contributed by atoms with van der Waals surface area (Å²) < 4.78 is 12.0. The average molecular weight is 444 g/mol. The molecule has 10 nitrogen and oxygen atoms in total. The Kier molecular flexibility index (Phi) is 7.45. The van der Waals surface area contributed by atoms with Crippen molar-refractivity contribution < 1.29 is 24.0 Å². The highest BCUT2D eigenvalue weighted by Crippen LogP contribution is 2.29. The summed E-state index contributed by atoms with van der Waals surface area (Å²) in [6, 6.07) is 5.77. The summed E-state index contributed by atoms with van der Waals surface area (Å²) in [4.78, 5) is 35.2. The van der Waals surface area contributed by atoms with Crippen molar-refractivity contribution in [1.29, 1.82) is 0 Å². The van der Waals surface area contributed by atoms with Gasteiger partial charge in [0.15, 0.2) is 12.4 Å². The van der Waals surface area contributed by atoms with E-state index >= 15 is 0 Å². The van der Waals surface area contributed by atoms with E-state index in [4.69, 9.17) is 9.47 Å². The molecule has 3 rings (SSSR count). The van der Waals surface area contributed by atoms with Crippen molar-refractivity contribution in [2.45, 2.75) is 46.1 Å². The van der Waals surface area contributed by atoms with Gasteiger partial charge in [0, 0.05) is 18.2 Å². The van der Waals surface area contributed by atoms with Gasteiger partial charge in [0.1, 0.15) is 0 Å². The molecule has 0 aliphatic heterocycles. The zero-order chi connectivity index (χ0) is 23.3. The van der Waals surface area contributed by atoms with E-state index in [1.54, 1.807) is 6.92 Å². The van der Waals surface area contributed by atoms with Gasteiger partial charge in [-0.25, -0.2) is 9.48 Å². The zero-order valence-corrected chi connectivity index (χ0v) is 18.4. The normalized spacial score (nSPS) is 20.4. The summed E-state index contributed by atoms with van der Waals surface area (Å²) in [6.45, 7) is 5.89. The molecule has 1 N–H and O–H groups in total. The maximum absolute atomic E-state index is 12.5. The van der Waals surface area contributed by atoms with Crippen LogP contribution in [0.15, 0.2) is 30.5 Å². The number of hydrogen-bond acceptors (Lipinski definition) is 7. The van der Waals surface area contributed by atoms with Crippen LogP contribution in [-0.4, -0.2) is 45.8 Å². The van der Waals surface area contributed by atoms with E-state index in [1.165, 1.54) is 35.1 Å². The van der Waals surface area contributed by atoms with Crippen molar-refractivity contribution >= 4 is 17.6 Å². The number of nitrogens with zero attached hydrogens (tertiary/aromatic N) is 3. The second kappa shape index (κ2) is 10.3. The van der Waals surface area contributed by atoms with Crippen molar-refractivity contribution in [3.8, 4) is 11.4 Å². The fourth-order valence-electron chi connectivity index (χ4n) is 3.84. The zero-order valence-electron chi connectivity index (χ0n) is 18.4. The van der Waals surface area contributed by atoms with Gasteiger partial charge in [-0.05, 0) is 37.3 Å². The van der Waals surface area contributed by atoms with Crippen LogP contribution in [-0.2, 0) is 9.53 Å². The largest absolute Gasteiger partial charge is 0.480 e. The lowest BCUT2D eigenvalue weighted by molar-refractivity contribution is -0.384. The quantitative estimate of drug-likeness (QED) is 0.376. The van der Waals surface area contributed by atoms with Crippen molar-refractivity contribution in [2.75, 3.05) is 13.2 Å². The van der Waals surface area contributed by atoms with Crippen molar-refractivity contribution in [1.82, 2.24) is 15.1 Å². The number of nitro groups is 1. The molecule has 0 spiro atoms. The van der Waals surface area contributed by atoms with Gasteiger partial charge in [-0.2, -0.15) is 5.10 Å². The second-order valence-corrected chi connectivity index (χ2v) is 8.01. The van der Waals surface area contributed by atoms with Crippen molar-refractivity contribution in [3.63, 3.8) is 0 Å². The number of hydrogen-bond donors (Lipinski definition) is 1. The SMILES string of the molecule is CCOC(=O)c1nn(-c2ccc([N+](=O)[O-])cc2)cc1OCC(=O)NC1CCCC(C)C1C. The van der Waals surface area contributed by atoms with Crippen LogP contribution in [0.1, 0.15) is 50.5 Å². The third kappa shape index (κ3) is 5.43. The van der Waals surface area contributed by atoms with E-state index in [0.29, 0.717) is 17.5 Å². The van der Waals surface area contributed by atoms with Crippen LogP contribution in [0.25, 0.3) is 5.69 Å². The minimum absolute atomic E-state index is 0.0640. The number of esters is 1. The molecule has 10 heteroatoms. The molecule has 1 aromatic heterocycles. The number of carbonyl (C=O) groups is 2. The maximum Gasteiger partial charge on any atom is 0.362 e. The summed E-state index contributed by atoms with van der Waals surface area (Å²) in [5.74, 6) is 0.0761. The standard InChI is InChI=1S/C22H28N4O6/c1-4-31-22(28)21-19(12-25(24-21)16-8-10-17(11-9-16)26(29)30)32-13-20(27)23-18-7-5-6-14(2)15(18)3/h8-12,14-15,18H,4-7,13H2,1-3H3,(H,23,27). The van der Waals surface area contributed by atoms with Gasteiger partial charge in [-0.1, -0.05) is 26.7 Å². The Balaban J connectivity index is 1.73. The number of benzene rings is 1. The number of nitro benzene ring substituents is 1. The van der Waals surface area contributed by atoms with Crippen LogP contribution >= 0.6 is 0 Å². The third-order valence-corrected chi connectivity index (χ3v) is 5.89. The molecule has 0 bridgehead atoms. The summed E-state index contributed by atoms with van der Waals surface area (Å²) in [5, 5.41) is 18.1. The van der Waals surface area contributed by atoms with Crippen LogP contribution in [0.5, 0.6) is 5.75 Å². The molecular formula is C22H28N4O6. The number of rotatable bonds is 8. The first kappa shape index (κ1) is 23.2. The Morgan fingerprint density at radius 3 is 2.62 bits per heavy atom. The first-order valence-electron chi connectivity index (χ1n) is 10.7. The summed E-state index contributed by atoms with van der Waals surface area (Å²) >= 11 is 0. The van der Waals surface area contributed by atoms with Gasteiger partial charge in [-0.3, -0.25) is 14.9 Å². The van der Waals surface area contributed by atoms with Crippen LogP contribution < -0.4 is 10.1 Å². The number of ether oxygens (including phenoxy) is 2. The van der Waals surface area contributed by atoms with E-state index in [2.05, 4.69) is 24.3 Å². The lowest BCUT2D eigenvalue weighted by Gasteiger charge is -2.34. The fourth-order valence-corrected chi connectivity index (χ4v) is 3.84. The molecule has 0 saturated heterocycles. The Labute approximate surface area is 186 Å². The van der Waals surface area contributed by atoms with Crippen LogP contribution in [0, 0.1) is 22.0 Å². The molecule has 2 aromatic rings. The Morgan fingerprint density at radius 2 is 1.97 bits per heavy atom. The minimum Gasteiger partial charge on any atom is -0.480 e. The smallest absolute Gasteiger partial charge is 0.362 e. The Hall–Kier alpha value is -3.43. The number of nitrogens with one attached hydrogen (secondary N) is 1. The molecule has 1 saturated carbocycles. The third-order valence-electron chi connectivity index (χ3n) is 5.89. The molecular weight excluding hydrogens is 416 g/mol. The number of amides is 1. The molecule has 3 unspecified atom stereocenters. The number of carbonyl (C=O) groups excluding carboxylic acids is 2. The molecule has 1 aliphatic rings. The number of non-ortho nitro benzene ring substituents is 1. The van der Waals surface area contributed by atoms with Gasteiger partial charge >= 0.3 is 5.97 Å². The summed E-state index contributed by atoms with van der Waals surface area (Å²) in [5.41, 5.74) is 0.356. The first-order valence-corrected chi connectivity index (χ1v) is 10.7. The van der Waals surface area contributed by atoms with E-state index < -0.39 is 10.9 Å². The molecule has 1 fully saturated rings. The van der Waals surface area contributed by atoms with Gasteiger partial charge in [0.25, 0.3) is 11.6 Å². The van der Waals surface area contributed by atoms with Crippen molar-refractivity contribution in [3.05, 3.63) is 46.3 Å². The molecule has 1 aliphatic carbocycles. The highest BCUT2D eigenvalue weighted by molar-refractivity contribution is 5.90. The molecule has 1 amide bonds. The van der Waals surface area contributed by atoms with Crippen LogP contribution in [0.2, 0.25) is 0 Å². The monoisotopic (exact) mass is 444 g/mol. The second-order valence-electron chi connectivity index (χ2n) is 8.01. The predicted octanol–water partition coefficient (Wildman–Crippen LogP) is 3.28. The molecule has 3 atom stereocenters. The molecule has 172 valence electrons. The van der Waals surface area contributed by atoms with E-state index in [0.717, 1.165) is 19.3 Å². The topological polar surface area (TPSA) is 126 Å². The highest BCUT2D eigenvalue weighted by atomic mass is 16.6. The summed E-state index contributed by atoms with van der Waals surface area (Å²) in [7, 11) is 0. The predicted molar refractivity (Wildman–Crippen MR) is 116 cm³/mol. The molecule has 0 radical (unpaired) electrons. The van der Waals surface area contributed by atoms with Gasteiger partial charge in [-0.15, -0.1) is 0 Å². The number of aromatic nitrogens is 2. The van der Waals surface area contributed by atoms with Crippen LogP contribution in [0.4, 0.5) is 5.69 Å². The fraction of sp³-hybridized carbons (Fsp3) is 0.500. The lowest BCUT2D eigenvalue weighted by atomic mass is 9.78. The molecule has 1 aromatic carbocycles. The van der Waals surface area contributed by atoms with E-state index in [-0.39, 0.29) is 42.3 Å². The maximum atomic E-state index is 12.5. The van der Waals surface area contributed by atoms with E-state index in [9.17, 15) is 19.7 Å². The van der Waals surface area contributed by atoms with E-state index in [1.807, 2.05) is 0 Å². The molecule has 1 heterocycles. The van der Waals surface area contributed by atoms with Crippen molar-refractivity contribution in [2.24, 2.45) is 11.8 Å². The minimum atomic E-state index is -0.682. The van der Waals surface area contributed by atoms with Crippen LogP contribution in [0.3, 0.4) is 0 Å².